The third-order valence-electron chi connectivity index (χ3n) is 2.52. The molecule has 1 nitrogen and oxygen atoms in total. The first-order valence-corrected chi connectivity index (χ1v) is 6.57. The van der Waals surface area contributed by atoms with E-state index in [1.165, 1.54) is 15.8 Å². The van der Waals surface area contributed by atoms with Crippen LogP contribution in [0.4, 0.5) is 0 Å². The highest BCUT2D eigenvalue weighted by Crippen LogP contribution is 2.24. The average Bonchev–Trinajstić information content (AvgIpc) is 2.30. The van der Waals surface area contributed by atoms with Gasteiger partial charge in [-0.3, -0.25) is 0 Å². The van der Waals surface area contributed by atoms with Gasteiger partial charge in [0.1, 0.15) is 0 Å². The van der Waals surface area contributed by atoms with Crippen LogP contribution in [0, 0.1) is 4.51 Å². The highest BCUT2D eigenvalue weighted by atomic mass is 32.2. The molecule has 0 bridgehead atoms. The molecule has 2 rings (SSSR count). The minimum atomic E-state index is 0.975. The molecule has 2 aromatic rings. The Morgan fingerprint density at radius 2 is 2.07 bits per heavy atom. The summed E-state index contributed by atoms with van der Waals surface area (Å²) < 4.78 is 3.22. The molecule has 0 saturated carbocycles. The van der Waals surface area contributed by atoms with Gasteiger partial charge >= 0.3 is 0 Å². The maximum Gasteiger partial charge on any atom is 0.0620 e. The smallest absolute Gasteiger partial charge is 0.0620 e. The van der Waals surface area contributed by atoms with Crippen LogP contribution >= 0.6 is 24.0 Å². The predicted molar refractivity (Wildman–Crippen MR) is 70.2 cm³/mol. The first-order valence-electron chi connectivity index (χ1n) is 4.94. The van der Waals surface area contributed by atoms with Crippen molar-refractivity contribution in [2.45, 2.75) is 18.4 Å². The lowest BCUT2D eigenvalue weighted by Crippen LogP contribution is -1.98. The first kappa shape index (κ1) is 10.7. The molecule has 0 fully saturated rings. The van der Waals surface area contributed by atoms with E-state index in [0.717, 1.165) is 11.1 Å². The monoisotopic (exact) mass is 235 g/mol. The van der Waals surface area contributed by atoms with Crippen molar-refractivity contribution in [1.29, 1.82) is 0 Å². The average molecular weight is 235 g/mol. The lowest BCUT2D eigenvalue weighted by atomic mass is 10.2. The van der Waals surface area contributed by atoms with Gasteiger partial charge in [-0.15, -0.1) is 11.8 Å². The van der Waals surface area contributed by atoms with E-state index in [-0.39, 0.29) is 0 Å². The Bertz CT molecular complexity index is 543. The maximum absolute atomic E-state index is 5.47. The first-order chi connectivity index (χ1) is 7.27. The van der Waals surface area contributed by atoms with Gasteiger partial charge in [-0.1, -0.05) is 30.4 Å². The molecule has 0 amide bonds. The Balaban J connectivity index is 2.90. The van der Waals surface area contributed by atoms with Crippen molar-refractivity contribution in [3.05, 3.63) is 35.0 Å². The van der Waals surface area contributed by atoms with Crippen LogP contribution in [0.3, 0.4) is 0 Å². The number of para-hydroxylation sites is 1. The van der Waals surface area contributed by atoms with E-state index >= 15 is 0 Å². The molecule has 0 saturated heterocycles. The quantitative estimate of drug-likeness (QED) is 0.570. The van der Waals surface area contributed by atoms with Gasteiger partial charge in [-0.25, -0.2) is 0 Å². The summed E-state index contributed by atoms with van der Waals surface area (Å²) in [5.74, 6) is 0. The lowest BCUT2D eigenvalue weighted by Gasteiger charge is -2.11. The van der Waals surface area contributed by atoms with E-state index in [0.29, 0.717) is 0 Å². The Labute approximate surface area is 99.1 Å². The van der Waals surface area contributed by atoms with Crippen molar-refractivity contribution in [2.75, 3.05) is 6.26 Å². The minimum absolute atomic E-state index is 0.975. The van der Waals surface area contributed by atoms with Gasteiger partial charge < -0.3 is 4.57 Å². The molecule has 15 heavy (non-hydrogen) atoms. The van der Waals surface area contributed by atoms with Crippen molar-refractivity contribution < 1.29 is 0 Å². The molecule has 3 heteroatoms. The second-order valence-corrected chi connectivity index (χ2v) is 4.59. The summed E-state index contributed by atoms with van der Waals surface area (Å²) in [6, 6.07) is 8.33. The number of thioether (sulfide) groups is 1. The molecule has 1 heterocycles. The van der Waals surface area contributed by atoms with Gasteiger partial charge in [0.25, 0.3) is 0 Å². The van der Waals surface area contributed by atoms with Crippen molar-refractivity contribution >= 4 is 34.9 Å². The number of hydrogen-bond acceptors (Lipinski definition) is 2. The third-order valence-corrected chi connectivity index (χ3v) is 3.83. The molecule has 0 spiro atoms. The molecule has 0 aliphatic carbocycles. The number of fused-ring (bicyclic) bond motifs is 1. The Hall–Kier alpha value is -0.800. The molecule has 1 aromatic carbocycles. The number of hydrogen-bond donors (Lipinski definition) is 0. The summed E-state index contributed by atoms with van der Waals surface area (Å²) in [4.78, 5) is 1.19. The minimum Gasteiger partial charge on any atom is -0.347 e. The fourth-order valence-electron chi connectivity index (χ4n) is 1.73. The molecular weight excluding hydrogens is 222 g/mol. The SMILES string of the molecule is CCn1cc(SC)c(=S)c2ccccc21. The number of aromatic nitrogens is 1. The topological polar surface area (TPSA) is 4.93 Å². The molecule has 0 unspecified atom stereocenters. The largest absolute Gasteiger partial charge is 0.347 e. The van der Waals surface area contributed by atoms with Gasteiger partial charge in [-0.2, -0.15) is 0 Å². The number of rotatable bonds is 2. The lowest BCUT2D eigenvalue weighted by molar-refractivity contribution is 0.777. The van der Waals surface area contributed by atoms with Gasteiger partial charge in [-0.05, 0) is 19.2 Å². The van der Waals surface area contributed by atoms with E-state index in [1.54, 1.807) is 11.8 Å². The third kappa shape index (κ3) is 1.82. The second kappa shape index (κ2) is 4.37. The zero-order valence-electron chi connectivity index (χ0n) is 8.86. The van der Waals surface area contributed by atoms with Gasteiger partial charge in [0, 0.05) is 28.5 Å². The fraction of sp³-hybridized carbons (Fsp3) is 0.250. The molecule has 0 radical (unpaired) electrons. The standard InChI is InChI=1S/C12H13NS2/c1-3-13-8-11(15-2)12(14)9-6-4-5-7-10(9)13/h4-8H,3H2,1-2H3. The van der Waals surface area contributed by atoms with E-state index < -0.39 is 0 Å². The highest BCUT2D eigenvalue weighted by Gasteiger charge is 2.03. The Morgan fingerprint density at radius 1 is 1.33 bits per heavy atom. The predicted octanol–water partition coefficient (Wildman–Crippen LogP) is 4.11. The molecule has 78 valence electrons. The van der Waals surface area contributed by atoms with Gasteiger partial charge in [0.2, 0.25) is 0 Å². The van der Waals surface area contributed by atoms with Gasteiger partial charge in [0.15, 0.2) is 0 Å². The molecular formula is C12H13NS2. The molecule has 0 N–H and O–H groups in total. The molecule has 0 atom stereocenters. The van der Waals surface area contributed by atoms with E-state index in [1.807, 2.05) is 6.07 Å². The summed E-state index contributed by atoms with van der Waals surface area (Å²) in [5.41, 5.74) is 1.22. The highest BCUT2D eigenvalue weighted by molar-refractivity contribution is 7.98. The van der Waals surface area contributed by atoms with Crippen molar-refractivity contribution in [1.82, 2.24) is 4.57 Å². The van der Waals surface area contributed by atoms with Crippen LogP contribution in [0.15, 0.2) is 35.4 Å². The van der Waals surface area contributed by atoms with Crippen molar-refractivity contribution in [2.24, 2.45) is 0 Å². The molecule has 0 aliphatic rings. The summed E-state index contributed by atoms with van der Waals surface area (Å²) in [5, 5.41) is 1.18. The van der Waals surface area contributed by atoms with Crippen LogP contribution in [-0.2, 0) is 6.54 Å². The Kier molecular flexibility index (Phi) is 3.12. The second-order valence-electron chi connectivity index (χ2n) is 3.33. The van der Waals surface area contributed by atoms with E-state index in [2.05, 4.69) is 42.1 Å². The maximum atomic E-state index is 5.47. The van der Waals surface area contributed by atoms with Crippen LogP contribution in [0.25, 0.3) is 10.9 Å². The number of benzene rings is 1. The normalized spacial score (nSPS) is 10.8. The van der Waals surface area contributed by atoms with Crippen LogP contribution in [0.5, 0.6) is 0 Å². The van der Waals surface area contributed by atoms with E-state index in [9.17, 15) is 0 Å². The van der Waals surface area contributed by atoms with Crippen LogP contribution in [0.2, 0.25) is 0 Å². The van der Waals surface area contributed by atoms with E-state index in [4.69, 9.17) is 12.2 Å². The van der Waals surface area contributed by atoms with Crippen LogP contribution in [0.1, 0.15) is 6.92 Å². The van der Waals surface area contributed by atoms with Gasteiger partial charge in [0.05, 0.1) is 4.51 Å². The Morgan fingerprint density at radius 3 is 2.73 bits per heavy atom. The van der Waals surface area contributed by atoms with Crippen molar-refractivity contribution in [3.63, 3.8) is 0 Å². The summed E-state index contributed by atoms with van der Waals surface area (Å²) in [6.07, 6.45) is 4.22. The van der Waals surface area contributed by atoms with Crippen LogP contribution < -0.4 is 0 Å². The number of aryl methyl sites for hydroxylation is 1. The zero-order chi connectivity index (χ0) is 10.8. The molecule has 1 aromatic heterocycles. The summed E-state index contributed by atoms with van der Waals surface area (Å²) in [7, 11) is 0. The summed E-state index contributed by atoms with van der Waals surface area (Å²) in [6.45, 7) is 3.13. The zero-order valence-corrected chi connectivity index (χ0v) is 10.5. The number of nitrogens with zero attached hydrogens (tertiary/aromatic N) is 1. The summed E-state index contributed by atoms with van der Waals surface area (Å²) >= 11 is 7.18. The van der Waals surface area contributed by atoms with Crippen molar-refractivity contribution in [3.8, 4) is 0 Å². The fourth-order valence-corrected chi connectivity index (χ4v) is 2.73. The van der Waals surface area contributed by atoms with Crippen LogP contribution in [-0.4, -0.2) is 10.8 Å². The number of pyridine rings is 1. The molecule has 0 aliphatic heterocycles.